The minimum Gasteiger partial charge on any atom is -0.394 e. The highest BCUT2D eigenvalue weighted by molar-refractivity contribution is 5.62. The van der Waals surface area contributed by atoms with E-state index in [-0.39, 0.29) is 24.2 Å². The normalized spacial score (nSPS) is 19.3. The summed E-state index contributed by atoms with van der Waals surface area (Å²) in [6, 6.07) is 2.41. The van der Waals surface area contributed by atoms with E-state index in [1.807, 2.05) is 0 Å². The molecule has 104 valence electrons. The second-order valence-corrected chi connectivity index (χ2v) is 4.05. The number of pyridine rings is 1. The molecule has 0 aromatic carbocycles. The largest absolute Gasteiger partial charge is 0.394 e. The summed E-state index contributed by atoms with van der Waals surface area (Å²) in [5.41, 5.74) is 2.23. The van der Waals surface area contributed by atoms with Crippen molar-refractivity contribution < 1.29 is 14.8 Å². The van der Waals surface area contributed by atoms with Crippen molar-refractivity contribution in [1.82, 2.24) is 4.98 Å². The first-order valence-corrected chi connectivity index (χ1v) is 5.74. The van der Waals surface area contributed by atoms with Gasteiger partial charge in [0.25, 0.3) is 0 Å². The van der Waals surface area contributed by atoms with E-state index in [0.29, 0.717) is 25.6 Å². The van der Waals surface area contributed by atoms with Crippen LogP contribution >= 0.6 is 0 Å². The number of hydrogen-bond acceptors (Lipinski definition) is 8. The van der Waals surface area contributed by atoms with Crippen molar-refractivity contribution in [3.63, 3.8) is 0 Å². The number of aliphatic hydroxyl groups is 1. The smallest absolute Gasteiger partial charge is 0.311 e. The first-order chi connectivity index (χ1) is 9.17. The van der Waals surface area contributed by atoms with Crippen LogP contribution < -0.4 is 16.2 Å². The van der Waals surface area contributed by atoms with Crippen molar-refractivity contribution >= 4 is 17.3 Å². The molecule has 4 N–H and O–H groups in total. The van der Waals surface area contributed by atoms with Gasteiger partial charge in [0, 0.05) is 12.6 Å². The lowest BCUT2D eigenvalue weighted by atomic mass is 10.2. The topological polar surface area (TPSA) is 127 Å². The van der Waals surface area contributed by atoms with Crippen LogP contribution in [-0.4, -0.2) is 47.4 Å². The first-order valence-electron chi connectivity index (χ1n) is 5.74. The minimum absolute atomic E-state index is 0.126. The van der Waals surface area contributed by atoms with Crippen molar-refractivity contribution in [3.05, 3.63) is 22.2 Å². The number of nitrogens with zero attached hydrogens (tertiary/aromatic N) is 3. The van der Waals surface area contributed by atoms with Gasteiger partial charge in [-0.2, -0.15) is 0 Å². The Morgan fingerprint density at radius 1 is 1.68 bits per heavy atom. The van der Waals surface area contributed by atoms with Gasteiger partial charge in [0.1, 0.15) is 5.82 Å². The Bertz CT molecular complexity index is 469. The number of aromatic nitrogens is 1. The Balaban J connectivity index is 2.42. The van der Waals surface area contributed by atoms with Crippen LogP contribution in [0, 0.1) is 10.1 Å². The van der Waals surface area contributed by atoms with Gasteiger partial charge in [-0.1, -0.05) is 0 Å². The molecule has 1 unspecified atom stereocenters. The number of rotatable bonds is 4. The van der Waals surface area contributed by atoms with E-state index in [4.69, 9.17) is 10.6 Å². The molecule has 1 fully saturated rings. The third kappa shape index (κ3) is 2.72. The number of nitro groups is 1. The maximum absolute atomic E-state index is 11.1. The lowest BCUT2D eigenvalue weighted by molar-refractivity contribution is -0.384. The molecule has 0 spiro atoms. The molecule has 1 saturated heterocycles. The van der Waals surface area contributed by atoms with E-state index < -0.39 is 4.92 Å². The molecule has 2 heterocycles. The van der Waals surface area contributed by atoms with Crippen molar-refractivity contribution in [2.45, 2.75) is 6.04 Å². The third-order valence-electron chi connectivity index (χ3n) is 2.91. The van der Waals surface area contributed by atoms with Crippen LogP contribution in [0.15, 0.2) is 12.1 Å². The molecule has 1 aliphatic rings. The zero-order valence-electron chi connectivity index (χ0n) is 10.2. The van der Waals surface area contributed by atoms with Crippen LogP contribution in [0.5, 0.6) is 0 Å². The summed E-state index contributed by atoms with van der Waals surface area (Å²) < 4.78 is 5.24. The number of nitrogens with one attached hydrogen (secondary N) is 1. The fraction of sp³-hybridized carbons (Fsp3) is 0.500. The molecule has 2 rings (SSSR count). The Morgan fingerprint density at radius 3 is 3.11 bits per heavy atom. The van der Waals surface area contributed by atoms with E-state index in [1.54, 1.807) is 4.90 Å². The predicted molar refractivity (Wildman–Crippen MR) is 67.7 cm³/mol. The first kappa shape index (κ1) is 13.5. The second-order valence-electron chi connectivity index (χ2n) is 4.05. The molecule has 0 saturated carbocycles. The lowest BCUT2D eigenvalue weighted by Crippen LogP contribution is -2.48. The number of hydrogen-bond donors (Lipinski definition) is 3. The number of morpholine rings is 1. The van der Waals surface area contributed by atoms with Gasteiger partial charge in [-0.15, -0.1) is 0 Å². The molecular weight excluding hydrogens is 254 g/mol. The van der Waals surface area contributed by atoms with Crippen LogP contribution in [0.4, 0.5) is 17.3 Å². The van der Waals surface area contributed by atoms with Crippen molar-refractivity contribution in [2.24, 2.45) is 5.84 Å². The van der Waals surface area contributed by atoms with Crippen LogP contribution in [0.1, 0.15) is 0 Å². The maximum Gasteiger partial charge on any atom is 0.311 e. The summed E-state index contributed by atoms with van der Waals surface area (Å²) in [5, 5.41) is 20.4. The van der Waals surface area contributed by atoms with Crippen LogP contribution in [0.3, 0.4) is 0 Å². The summed E-state index contributed by atoms with van der Waals surface area (Å²) in [6.45, 7) is 0.984. The molecule has 19 heavy (non-hydrogen) atoms. The average molecular weight is 269 g/mol. The Kier molecular flexibility index (Phi) is 4.10. The maximum atomic E-state index is 11.1. The fourth-order valence-corrected chi connectivity index (χ4v) is 1.96. The Hall–Kier alpha value is -1.97. The van der Waals surface area contributed by atoms with E-state index in [1.165, 1.54) is 12.1 Å². The molecule has 0 bridgehead atoms. The summed E-state index contributed by atoms with van der Waals surface area (Å²) in [6.07, 6.45) is 0. The van der Waals surface area contributed by atoms with Crippen molar-refractivity contribution in [1.29, 1.82) is 0 Å². The third-order valence-corrected chi connectivity index (χ3v) is 2.91. The average Bonchev–Trinajstić information content (AvgIpc) is 2.46. The standard InChI is InChI=1S/C10H15N5O4/c11-13-9-2-1-8(15(17)18)10(12-9)14-3-4-19-6-7(14)5-16/h1-2,7,16H,3-6,11H2,(H,12,13). The SMILES string of the molecule is NNc1ccc([N+](=O)[O-])c(N2CCOCC2CO)n1. The molecule has 9 nitrogen and oxygen atoms in total. The zero-order valence-corrected chi connectivity index (χ0v) is 10.2. The summed E-state index contributed by atoms with van der Waals surface area (Å²) in [5.74, 6) is 5.77. The van der Waals surface area contributed by atoms with Gasteiger partial charge < -0.3 is 20.2 Å². The molecule has 1 aromatic heterocycles. The van der Waals surface area contributed by atoms with E-state index in [0.717, 1.165) is 0 Å². The highest BCUT2D eigenvalue weighted by atomic mass is 16.6. The highest BCUT2D eigenvalue weighted by Crippen LogP contribution is 2.29. The van der Waals surface area contributed by atoms with Gasteiger partial charge in [-0.25, -0.2) is 10.8 Å². The van der Waals surface area contributed by atoms with E-state index >= 15 is 0 Å². The number of hydrazine groups is 1. The number of aliphatic hydroxyl groups excluding tert-OH is 1. The van der Waals surface area contributed by atoms with Gasteiger partial charge in [0.2, 0.25) is 5.82 Å². The predicted octanol–water partition coefficient (Wildman–Crippen LogP) is -0.527. The summed E-state index contributed by atoms with van der Waals surface area (Å²) in [4.78, 5) is 16.3. The van der Waals surface area contributed by atoms with Crippen LogP contribution in [-0.2, 0) is 4.74 Å². The highest BCUT2D eigenvalue weighted by Gasteiger charge is 2.29. The number of ether oxygens (including phenoxy) is 1. The monoisotopic (exact) mass is 269 g/mol. The molecule has 0 aliphatic carbocycles. The molecule has 0 amide bonds. The Labute approximate surface area is 109 Å². The lowest BCUT2D eigenvalue weighted by Gasteiger charge is -2.35. The summed E-state index contributed by atoms with van der Waals surface area (Å²) in [7, 11) is 0. The molecule has 1 aliphatic heterocycles. The quantitative estimate of drug-likeness (QED) is 0.378. The van der Waals surface area contributed by atoms with Crippen LogP contribution in [0.2, 0.25) is 0 Å². The van der Waals surface area contributed by atoms with Gasteiger partial charge in [0.05, 0.1) is 30.8 Å². The van der Waals surface area contributed by atoms with Gasteiger partial charge in [-0.3, -0.25) is 10.1 Å². The van der Waals surface area contributed by atoms with Gasteiger partial charge in [0.15, 0.2) is 0 Å². The van der Waals surface area contributed by atoms with Crippen molar-refractivity contribution in [2.75, 3.05) is 36.7 Å². The molecule has 9 heteroatoms. The number of nitrogens with two attached hydrogens (primary N) is 1. The van der Waals surface area contributed by atoms with Crippen LogP contribution in [0.25, 0.3) is 0 Å². The number of anilines is 2. The Morgan fingerprint density at radius 2 is 2.47 bits per heavy atom. The molecule has 0 radical (unpaired) electrons. The van der Waals surface area contributed by atoms with E-state index in [9.17, 15) is 15.2 Å². The molecular formula is C10H15N5O4. The van der Waals surface area contributed by atoms with Gasteiger partial charge in [-0.05, 0) is 6.07 Å². The summed E-state index contributed by atoms with van der Waals surface area (Å²) >= 11 is 0. The number of nitrogen functional groups attached to an aromatic ring is 1. The molecule has 1 aromatic rings. The molecule has 1 atom stereocenters. The minimum atomic E-state index is -0.507. The van der Waals surface area contributed by atoms with Crippen molar-refractivity contribution in [3.8, 4) is 0 Å². The second kappa shape index (κ2) is 5.78. The fourth-order valence-electron chi connectivity index (χ4n) is 1.96. The zero-order chi connectivity index (χ0) is 13.8. The van der Waals surface area contributed by atoms with E-state index in [2.05, 4.69) is 10.4 Å². The van der Waals surface area contributed by atoms with Gasteiger partial charge >= 0.3 is 5.69 Å².